The normalized spacial score (nSPS) is 10.8. The summed E-state index contributed by atoms with van der Waals surface area (Å²) in [6.45, 7) is 2.22. The smallest absolute Gasteiger partial charge is 0.0525 e. The third-order valence-electron chi connectivity index (χ3n) is 3.69. The Morgan fingerprint density at radius 2 is 1.60 bits per heavy atom. The van der Waals surface area contributed by atoms with Gasteiger partial charge in [0.1, 0.15) is 0 Å². The van der Waals surface area contributed by atoms with Gasteiger partial charge in [-0.3, -0.25) is 4.98 Å². The lowest BCUT2D eigenvalue weighted by Gasteiger charge is -2.06. The van der Waals surface area contributed by atoms with E-state index in [0.717, 1.165) is 18.5 Å². The molecule has 0 bridgehead atoms. The lowest BCUT2D eigenvalue weighted by Crippen LogP contribution is -1.94. The van der Waals surface area contributed by atoms with Crippen LogP contribution in [0.5, 0.6) is 0 Å². The average Bonchev–Trinajstić information content (AvgIpc) is 2.50. The molecule has 0 amide bonds. The molecule has 0 aliphatic rings. The molecule has 0 N–H and O–H groups in total. The second kappa shape index (κ2) is 5.87. The van der Waals surface area contributed by atoms with E-state index in [9.17, 15) is 0 Å². The van der Waals surface area contributed by atoms with Crippen molar-refractivity contribution in [2.24, 2.45) is 0 Å². The van der Waals surface area contributed by atoms with Crippen molar-refractivity contribution in [2.75, 3.05) is 0 Å². The average molecular weight is 261 g/mol. The monoisotopic (exact) mass is 261 g/mol. The summed E-state index contributed by atoms with van der Waals surface area (Å²) < 4.78 is 0. The Morgan fingerprint density at radius 3 is 2.40 bits per heavy atom. The van der Waals surface area contributed by atoms with E-state index < -0.39 is 0 Å². The van der Waals surface area contributed by atoms with Crippen molar-refractivity contribution in [3.05, 3.63) is 77.6 Å². The molecule has 3 rings (SSSR count). The molecule has 0 atom stereocenters. The summed E-state index contributed by atoms with van der Waals surface area (Å²) >= 11 is 0. The van der Waals surface area contributed by atoms with Crippen LogP contribution in [-0.4, -0.2) is 4.98 Å². The number of hydrogen-bond donors (Lipinski definition) is 0. The van der Waals surface area contributed by atoms with Gasteiger partial charge in [0, 0.05) is 18.0 Å². The zero-order chi connectivity index (χ0) is 13.8. The molecule has 1 nitrogen and oxygen atoms in total. The van der Waals surface area contributed by atoms with E-state index in [0.29, 0.717) is 0 Å². The van der Waals surface area contributed by atoms with Crippen LogP contribution in [0.2, 0.25) is 0 Å². The number of nitrogens with zero attached hydrogens (tertiary/aromatic N) is 1. The van der Waals surface area contributed by atoms with E-state index in [1.54, 1.807) is 0 Å². The van der Waals surface area contributed by atoms with E-state index >= 15 is 0 Å². The summed E-state index contributed by atoms with van der Waals surface area (Å²) in [5, 5.41) is 2.52. The van der Waals surface area contributed by atoms with Crippen LogP contribution in [0.1, 0.15) is 30.2 Å². The van der Waals surface area contributed by atoms with Gasteiger partial charge in [0.2, 0.25) is 0 Å². The molecule has 100 valence electrons. The quantitative estimate of drug-likeness (QED) is 0.658. The Labute approximate surface area is 120 Å². The Bertz CT molecular complexity index is 693. The molecule has 0 radical (unpaired) electrons. The fourth-order valence-electron chi connectivity index (χ4n) is 2.63. The first-order valence-electron chi connectivity index (χ1n) is 7.27. The Kier molecular flexibility index (Phi) is 3.78. The van der Waals surface area contributed by atoms with Crippen LogP contribution in [0, 0.1) is 0 Å². The summed E-state index contributed by atoms with van der Waals surface area (Å²) in [4.78, 5) is 4.56. The highest BCUT2D eigenvalue weighted by atomic mass is 14.7. The highest BCUT2D eigenvalue weighted by Gasteiger charge is 2.03. The van der Waals surface area contributed by atoms with Crippen LogP contribution in [0.3, 0.4) is 0 Å². The fraction of sp³-hybridized carbons (Fsp3) is 0.211. The van der Waals surface area contributed by atoms with Crippen LogP contribution in [0.25, 0.3) is 10.8 Å². The lowest BCUT2D eigenvalue weighted by molar-refractivity contribution is 0.920. The molecule has 0 aliphatic carbocycles. The van der Waals surface area contributed by atoms with Gasteiger partial charge >= 0.3 is 0 Å². The highest BCUT2D eigenvalue weighted by molar-refractivity contribution is 5.84. The number of hydrogen-bond acceptors (Lipinski definition) is 1. The molecule has 0 saturated carbocycles. The standard InChI is InChI=1S/C19H19N/c1-2-5-15-8-10-16(11-9-15)14-19-18-7-4-3-6-17(18)12-13-20-19/h3-4,6-13H,2,5,14H2,1H3. The second-order valence-electron chi connectivity index (χ2n) is 5.22. The molecule has 0 unspecified atom stereocenters. The zero-order valence-corrected chi connectivity index (χ0v) is 11.8. The van der Waals surface area contributed by atoms with Crippen molar-refractivity contribution in [3.63, 3.8) is 0 Å². The summed E-state index contributed by atoms with van der Waals surface area (Å²) in [7, 11) is 0. The number of fused-ring (bicyclic) bond motifs is 1. The van der Waals surface area contributed by atoms with Crippen LogP contribution in [0.4, 0.5) is 0 Å². The second-order valence-corrected chi connectivity index (χ2v) is 5.22. The SMILES string of the molecule is CCCc1ccc(Cc2nccc3ccccc23)cc1. The van der Waals surface area contributed by atoms with Crippen LogP contribution in [-0.2, 0) is 12.8 Å². The number of aromatic nitrogens is 1. The van der Waals surface area contributed by atoms with Gasteiger partial charge in [-0.25, -0.2) is 0 Å². The Hall–Kier alpha value is -2.15. The molecule has 0 fully saturated rings. The van der Waals surface area contributed by atoms with Crippen molar-refractivity contribution in [1.29, 1.82) is 0 Å². The molecule has 2 aromatic carbocycles. The Balaban J connectivity index is 1.89. The van der Waals surface area contributed by atoms with Crippen LogP contribution >= 0.6 is 0 Å². The molecule has 1 heteroatoms. The number of rotatable bonds is 4. The van der Waals surface area contributed by atoms with Crippen molar-refractivity contribution in [3.8, 4) is 0 Å². The van der Waals surface area contributed by atoms with E-state index in [4.69, 9.17) is 0 Å². The van der Waals surface area contributed by atoms with E-state index in [-0.39, 0.29) is 0 Å². The maximum atomic E-state index is 4.56. The summed E-state index contributed by atoms with van der Waals surface area (Å²) in [5.74, 6) is 0. The zero-order valence-electron chi connectivity index (χ0n) is 11.8. The summed E-state index contributed by atoms with van der Waals surface area (Å²) in [6, 6.07) is 19.5. The number of aryl methyl sites for hydroxylation is 1. The number of benzene rings is 2. The molecule has 20 heavy (non-hydrogen) atoms. The first-order chi connectivity index (χ1) is 9.86. The lowest BCUT2D eigenvalue weighted by atomic mass is 10.0. The first-order valence-corrected chi connectivity index (χ1v) is 7.27. The van der Waals surface area contributed by atoms with Crippen molar-refractivity contribution in [1.82, 2.24) is 4.98 Å². The molecule has 3 aromatic rings. The maximum Gasteiger partial charge on any atom is 0.0525 e. The molecule has 1 aromatic heterocycles. The van der Waals surface area contributed by atoms with Gasteiger partial charge in [-0.05, 0) is 29.0 Å². The minimum absolute atomic E-state index is 0.897. The summed E-state index contributed by atoms with van der Waals surface area (Å²) in [6.07, 6.45) is 5.16. The largest absolute Gasteiger partial charge is 0.260 e. The van der Waals surface area contributed by atoms with Gasteiger partial charge in [0.25, 0.3) is 0 Å². The third kappa shape index (κ3) is 2.72. The number of pyridine rings is 1. The van der Waals surface area contributed by atoms with Gasteiger partial charge in [-0.15, -0.1) is 0 Å². The first kappa shape index (κ1) is 12.9. The molecule has 0 aliphatic heterocycles. The molecule has 0 spiro atoms. The van der Waals surface area contributed by atoms with Gasteiger partial charge in [-0.2, -0.15) is 0 Å². The fourth-order valence-corrected chi connectivity index (χ4v) is 2.63. The van der Waals surface area contributed by atoms with Gasteiger partial charge < -0.3 is 0 Å². The topological polar surface area (TPSA) is 12.9 Å². The highest BCUT2D eigenvalue weighted by Crippen LogP contribution is 2.19. The predicted octanol–water partition coefficient (Wildman–Crippen LogP) is 4.78. The molecular formula is C19H19N. The predicted molar refractivity (Wildman–Crippen MR) is 85.0 cm³/mol. The summed E-state index contributed by atoms with van der Waals surface area (Å²) in [5.41, 5.74) is 3.90. The Morgan fingerprint density at radius 1 is 0.850 bits per heavy atom. The van der Waals surface area contributed by atoms with Crippen LogP contribution < -0.4 is 0 Å². The van der Waals surface area contributed by atoms with E-state index in [1.807, 2.05) is 6.20 Å². The van der Waals surface area contributed by atoms with Crippen molar-refractivity contribution < 1.29 is 0 Å². The minimum atomic E-state index is 0.897. The van der Waals surface area contributed by atoms with Crippen molar-refractivity contribution >= 4 is 10.8 Å². The van der Waals surface area contributed by atoms with Gasteiger partial charge in [-0.1, -0.05) is 61.9 Å². The molecule has 0 saturated heterocycles. The minimum Gasteiger partial charge on any atom is -0.260 e. The van der Waals surface area contributed by atoms with Gasteiger partial charge in [0.15, 0.2) is 0 Å². The maximum absolute atomic E-state index is 4.56. The van der Waals surface area contributed by atoms with Gasteiger partial charge in [0.05, 0.1) is 5.69 Å². The van der Waals surface area contributed by atoms with Crippen molar-refractivity contribution in [2.45, 2.75) is 26.2 Å². The van der Waals surface area contributed by atoms with Crippen LogP contribution in [0.15, 0.2) is 60.8 Å². The van der Waals surface area contributed by atoms with E-state index in [1.165, 1.54) is 28.3 Å². The third-order valence-corrected chi connectivity index (χ3v) is 3.69. The molecule has 1 heterocycles. The van der Waals surface area contributed by atoms with E-state index in [2.05, 4.69) is 66.5 Å². The molecular weight excluding hydrogens is 242 g/mol.